The molecule has 30 heavy (non-hydrogen) atoms. The average Bonchev–Trinajstić information content (AvgIpc) is 2.72. The van der Waals surface area contributed by atoms with Gasteiger partial charge in [-0.2, -0.15) is 0 Å². The first-order valence-electron chi connectivity index (χ1n) is 10.7. The van der Waals surface area contributed by atoms with E-state index < -0.39 is 6.04 Å². The van der Waals surface area contributed by atoms with Crippen molar-refractivity contribution in [2.75, 3.05) is 5.75 Å². The maximum absolute atomic E-state index is 13.3. The highest BCUT2D eigenvalue weighted by molar-refractivity contribution is 8.00. The van der Waals surface area contributed by atoms with Crippen LogP contribution < -0.4 is 5.32 Å². The maximum atomic E-state index is 13.3. The molecule has 2 rings (SSSR count). The summed E-state index contributed by atoms with van der Waals surface area (Å²) in [4.78, 5) is 29.0. The van der Waals surface area contributed by atoms with Gasteiger partial charge in [0.25, 0.3) is 0 Å². The molecular weight excluding hydrogens is 392 g/mol. The summed E-state index contributed by atoms with van der Waals surface area (Å²) >= 11 is 1.51. The molecular formula is C25H34N2O2S. The van der Waals surface area contributed by atoms with Gasteiger partial charge in [-0.1, -0.05) is 61.4 Å². The summed E-state index contributed by atoms with van der Waals surface area (Å²) in [5.41, 5.74) is 3.38. The quantitative estimate of drug-likeness (QED) is 0.537. The van der Waals surface area contributed by atoms with E-state index in [-0.39, 0.29) is 17.9 Å². The van der Waals surface area contributed by atoms with E-state index in [9.17, 15) is 9.59 Å². The Kier molecular flexibility index (Phi) is 9.44. The van der Waals surface area contributed by atoms with E-state index in [4.69, 9.17) is 0 Å². The van der Waals surface area contributed by atoms with Crippen molar-refractivity contribution in [3.8, 4) is 0 Å². The van der Waals surface area contributed by atoms with Crippen molar-refractivity contribution in [3.63, 3.8) is 0 Å². The maximum Gasteiger partial charge on any atom is 0.243 e. The van der Waals surface area contributed by atoms with Crippen LogP contribution in [0.5, 0.6) is 0 Å². The molecule has 0 heterocycles. The minimum Gasteiger partial charge on any atom is -0.352 e. The van der Waals surface area contributed by atoms with Crippen molar-refractivity contribution in [2.24, 2.45) is 0 Å². The molecule has 0 aliphatic rings. The molecule has 4 nitrogen and oxygen atoms in total. The number of nitrogens with zero attached hydrogens (tertiary/aromatic N) is 1. The van der Waals surface area contributed by atoms with Gasteiger partial charge in [0.05, 0.1) is 5.75 Å². The number of nitrogens with one attached hydrogen (secondary N) is 1. The molecule has 2 aromatic rings. The van der Waals surface area contributed by atoms with Gasteiger partial charge < -0.3 is 10.2 Å². The number of hydrogen-bond donors (Lipinski definition) is 1. The zero-order valence-corrected chi connectivity index (χ0v) is 19.6. The Hall–Kier alpha value is -2.27. The summed E-state index contributed by atoms with van der Waals surface area (Å²) in [6, 6.07) is 15.9. The van der Waals surface area contributed by atoms with Crippen LogP contribution in [-0.2, 0) is 16.1 Å². The number of amides is 2. The summed E-state index contributed by atoms with van der Waals surface area (Å²) < 4.78 is 0. The molecule has 0 saturated carbocycles. The minimum atomic E-state index is -0.481. The van der Waals surface area contributed by atoms with Crippen molar-refractivity contribution >= 4 is 23.6 Å². The molecule has 0 aliphatic heterocycles. The fraction of sp³-hybridized carbons (Fsp3) is 0.440. The highest BCUT2D eigenvalue weighted by atomic mass is 32.2. The van der Waals surface area contributed by atoms with Gasteiger partial charge in [0, 0.05) is 17.5 Å². The summed E-state index contributed by atoms with van der Waals surface area (Å²) in [6.45, 7) is 10.5. The van der Waals surface area contributed by atoms with Crippen molar-refractivity contribution < 1.29 is 9.59 Å². The molecule has 0 aromatic heterocycles. The Morgan fingerprint density at radius 3 is 2.30 bits per heavy atom. The van der Waals surface area contributed by atoms with Crippen molar-refractivity contribution in [1.82, 2.24) is 10.2 Å². The lowest BCUT2D eigenvalue weighted by atomic mass is 10.1. The molecule has 2 amide bonds. The van der Waals surface area contributed by atoms with E-state index in [0.717, 1.165) is 22.4 Å². The van der Waals surface area contributed by atoms with Crippen LogP contribution >= 0.6 is 11.8 Å². The molecule has 0 saturated heterocycles. The molecule has 5 heteroatoms. The van der Waals surface area contributed by atoms with Crippen LogP contribution in [-0.4, -0.2) is 34.6 Å². The van der Waals surface area contributed by atoms with E-state index in [1.807, 2.05) is 77.1 Å². The number of carbonyl (C=O) groups is 2. The first-order valence-corrected chi connectivity index (χ1v) is 11.7. The van der Waals surface area contributed by atoms with Crippen LogP contribution in [0.4, 0.5) is 0 Å². The highest BCUT2D eigenvalue weighted by Crippen LogP contribution is 2.21. The minimum absolute atomic E-state index is 0.0202. The van der Waals surface area contributed by atoms with Gasteiger partial charge in [-0.05, 0) is 51.3 Å². The number of benzene rings is 2. The fourth-order valence-corrected chi connectivity index (χ4v) is 4.01. The molecule has 0 aliphatic carbocycles. The second kappa shape index (κ2) is 11.8. The van der Waals surface area contributed by atoms with Crippen LogP contribution in [0.25, 0.3) is 0 Å². The van der Waals surface area contributed by atoms with E-state index >= 15 is 0 Å². The van der Waals surface area contributed by atoms with Crippen molar-refractivity contribution in [1.29, 1.82) is 0 Å². The van der Waals surface area contributed by atoms with Gasteiger partial charge in [0.2, 0.25) is 11.8 Å². The van der Waals surface area contributed by atoms with E-state index in [2.05, 4.69) is 11.4 Å². The van der Waals surface area contributed by atoms with Crippen molar-refractivity contribution in [3.05, 3.63) is 65.2 Å². The van der Waals surface area contributed by atoms with Gasteiger partial charge in [-0.25, -0.2) is 0 Å². The second-order valence-electron chi connectivity index (χ2n) is 7.85. The zero-order valence-electron chi connectivity index (χ0n) is 18.8. The third kappa shape index (κ3) is 7.21. The fourth-order valence-electron chi connectivity index (χ4n) is 3.23. The van der Waals surface area contributed by atoms with Crippen molar-refractivity contribution in [2.45, 2.75) is 71.0 Å². The number of thioether (sulfide) groups is 1. The predicted molar refractivity (Wildman–Crippen MR) is 126 cm³/mol. The number of aryl methyl sites for hydroxylation is 2. The van der Waals surface area contributed by atoms with E-state index in [1.165, 1.54) is 17.3 Å². The Labute approximate surface area is 185 Å². The molecule has 0 bridgehead atoms. The topological polar surface area (TPSA) is 49.4 Å². The predicted octanol–water partition coefficient (Wildman–Crippen LogP) is 5.12. The Morgan fingerprint density at radius 1 is 1.00 bits per heavy atom. The molecule has 0 fully saturated rings. The van der Waals surface area contributed by atoms with Crippen LogP contribution in [0.2, 0.25) is 0 Å². The van der Waals surface area contributed by atoms with Gasteiger partial charge in [0.1, 0.15) is 6.04 Å². The summed E-state index contributed by atoms with van der Waals surface area (Å²) in [5.74, 6) is 0.212. The lowest BCUT2D eigenvalue weighted by molar-refractivity contribution is -0.139. The molecule has 2 atom stereocenters. The van der Waals surface area contributed by atoms with Gasteiger partial charge in [-0.3, -0.25) is 9.59 Å². The summed E-state index contributed by atoms with van der Waals surface area (Å²) in [6.07, 6.45) is 1.44. The number of hydrogen-bond acceptors (Lipinski definition) is 3. The third-order valence-electron chi connectivity index (χ3n) is 5.21. The largest absolute Gasteiger partial charge is 0.352 e. The molecule has 162 valence electrons. The smallest absolute Gasteiger partial charge is 0.243 e. The van der Waals surface area contributed by atoms with Crippen LogP contribution in [0.15, 0.2) is 53.4 Å². The average molecular weight is 427 g/mol. The Balaban J connectivity index is 2.20. The van der Waals surface area contributed by atoms with Gasteiger partial charge >= 0.3 is 0 Å². The van der Waals surface area contributed by atoms with Gasteiger partial charge in [0.15, 0.2) is 0 Å². The van der Waals surface area contributed by atoms with Crippen LogP contribution in [0.1, 0.15) is 50.3 Å². The summed E-state index contributed by atoms with van der Waals surface area (Å²) in [7, 11) is 0. The molecule has 0 spiro atoms. The molecule has 0 unspecified atom stereocenters. The number of carbonyl (C=O) groups excluding carboxylic acids is 2. The first kappa shape index (κ1) is 24.0. The second-order valence-corrected chi connectivity index (χ2v) is 8.90. The van der Waals surface area contributed by atoms with Crippen LogP contribution in [0.3, 0.4) is 0 Å². The van der Waals surface area contributed by atoms with Gasteiger partial charge in [-0.15, -0.1) is 11.8 Å². The Bertz CT molecular complexity index is 835. The van der Waals surface area contributed by atoms with E-state index in [1.54, 1.807) is 4.90 Å². The number of rotatable bonds is 10. The van der Waals surface area contributed by atoms with E-state index in [0.29, 0.717) is 18.7 Å². The highest BCUT2D eigenvalue weighted by Gasteiger charge is 2.29. The molecule has 1 N–H and O–H groups in total. The third-order valence-corrected chi connectivity index (χ3v) is 6.20. The SMILES string of the molecule is CC[C@H](C(=O)N[C@@H](C)CC)N(Cc1cccc(C)c1)C(=O)CSc1ccc(C)cc1. The monoisotopic (exact) mass is 426 g/mol. The lowest BCUT2D eigenvalue weighted by Gasteiger charge is -2.31. The van der Waals surface area contributed by atoms with Crippen LogP contribution in [0, 0.1) is 13.8 Å². The standard InChI is InChI=1S/C25H34N2O2S/c1-6-20(5)26-25(29)23(7-2)27(16-21-10-8-9-19(4)15-21)24(28)17-30-22-13-11-18(3)12-14-22/h8-15,20,23H,6-7,16-17H2,1-5H3,(H,26,29)/t20-,23+/m0/s1. The Morgan fingerprint density at radius 2 is 1.70 bits per heavy atom. The molecule has 2 aromatic carbocycles. The lowest BCUT2D eigenvalue weighted by Crippen LogP contribution is -2.51. The zero-order chi connectivity index (χ0) is 22.1. The molecule has 0 radical (unpaired) electrons. The normalized spacial score (nSPS) is 12.8. The summed E-state index contributed by atoms with van der Waals surface area (Å²) in [5, 5.41) is 3.05. The first-order chi connectivity index (χ1) is 14.3.